The number of hydrogen-bond acceptors (Lipinski definition) is 1. The van der Waals surface area contributed by atoms with Crippen LogP contribution in [0.15, 0.2) is 18.2 Å². The number of alkyl halides is 1. The fourth-order valence-corrected chi connectivity index (χ4v) is 2.51. The second-order valence-electron chi connectivity index (χ2n) is 4.53. The molecule has 5 heteroatoms. The van der Waals surface area contributed by atoms with Gasteiger partial charge in [-0.1, -0.05) is 35.8 Å². The average molecular weight is 320 g/mol. The molecular weight excluding hydrogens is 304 g/mol. The maximum Gasteiger partial charge on any atom is 0.257 e. The Labute approximate surface area is 114 Å². The summed E-state index contributed by atoms with van der Waals surface area (Å²) in [6.07, 6.45) is 0.875. The molecule has 0 spiro atoms. The minimum Gasteiger partial charge on any atom is -0.351 e. The van der Waals surface area contributed by atoms with Crippen LogP contribution in [0.5, 0.6) is 0 Å². The third-order valence-corrected chi connectivity index (χ3v) is 3.10. The molecule has 0 aliphatic heterocycles. The zero-order chi connectivity index (χ0) is 13.7. The Morgan fingerprint density at radius 3 is 2.39 bits per heavy atom. The summed E-state index contributed by atoms with van der Waals surface area (Å²) in [5.74, 6) is -1.93. The lowest BCUT2D eigenvalue weighted by Crippen LogP contribution is -2.31. The van der Waals surface area contributed by atoms with Crippen molar-refractivity contribution in [2.75, 3.05) is 6.54 Å². The van der Waals surface area contributed by atoms with Gasteiger partial charge in [0.15, 0.2) is 0 Å². The van der Waals surface area contributed by atoms with Gasteiger partial charge < -0.3 is 5.32 Å². The highest BCUT2D eigenvalue weighted by Gasteiger charge is 2.17. The largest absolute Gasteiger partial charge is 0.351 e. The molecule has 0 aliphatic rings. The van der Waals surface area contributed by atoms with Crippen LogP contribution < -0.4 is 5.32 Å². The molecule has 0 aromatic heterocycles. The van der Waals surface area contributed by atoms with E-state index in [0.717, 1.165) is 18.6 Å². The molecule has 0 bridgehead atoms. The molecule has 0 fully saturated rings. The highest BCUT2D eigenvalue weighted by atomic mass is 79.9. The normalized spacial score (nSPS) is 12.6. The molecule has 0 radical (unpaired) electrons. The number of amides is 1. The van der Waals surface area contributed by atoms with Gasteiger partial charge in [0, 0.05) is 11.4 Å². The summed E-state index contributed by atoms with van der Waals surface area (Å²) in [5.41, 5.74) is -0.526. The summed E-state index contributed by atoms with van der Waals surface area (Å²) < 4.78 is 26.6. The second-order valence-corrected chi connectivity index (χ2v) is 5.83. The van der Waals surface area contributed by atoms with Crippen LogP contribution in [0.25, 0.3) is 0 Å². The molecule has 1 aromatic rings. The first-order chi connectivity index (χ1) is 8.41. The Morgan fingerprint density at radius 1 is 1.33 bits per heavy atom. The Morgan fingerprint density at radius 2 is 1.89 bits per heavy atom. The molecular formula is C13H16BrF2NO. The van der Waals surface area contributed by atoms with Crippen LogP contribution >= 0.6 is 15.9 Å². The third kappa shape index (κ3) is 4.37. The van der Waals surface area contributed by atoms with Gasteiger partial charge in [0.2, 0.25) is 0 Å². The van der Waals surface area contributed by atoms with Gasteiger partial charge >= 0.3 is 0 Å². The Bertz CT molecular complexity index is 403. The Balaban J connectivity index is 2.61. The zero-order valence-electron chi connectivity index (χ0n) is 10.3. The van der Waals surface area contributed by atoms with Gasteiger partial charge in [-0.25, -0.2) is 8.78 Å². The predicted molar refractivity (Wildman–Crippen MR) is 70.9 cm³/mol. The smallest absolute Gasteiger partial charge is 0.257 e. The van der Waals surface area contributed by atoms with E-state index in [0.29, 0.717) is 12.5 Å². The molecule has 100 valence electrons. The van der Waals surface area contributed by atoms with Crippen LogP contribution in [0.3, 0.4) is 0 Å². The van der Waals surface area contributed by atoms with Crippen LogP contribution in [0.4, 0.5) is 8.78 Å². The van der Waals surface area contributed by atoms with Crippen LogP contribution in [0.2, 0.25) is 0 Å². The van der Waals surface area contributed by atoms with E-state index >= 15 is 0 Å². The molecule has 2 nitrogen and oxygen atoms in total. The van der Waals surface area contributed by atoms with Gasteiger partial charge in [0.05, 0.1) is 0 Å². The first-order valence-corrected chi connectivity index (χ1v) is 6.69. The summed E-state index contributed by atoms with van der Waals surface area (Å²) >= 11 is 3.41. The summed E-state index contributed by atoms with van der Waals surface area (Å²) in [7, 11) is 0. The van der Waals surface area contributed by atoms with Crippen molar-refractivity contribution in [3.63, 3.8) is 0 Å². The van der Waals surface area contributed by atoms with E-state index in [9.17, 15) is 13.6 Å². The molecule has 1 N–H and O–H groups in total. The van der Waals surface area contributed by atoms with Gasteiger partial charge in [-0.3, -0.25) is 4.79 Å². The first kappa shape index (κ1) is 15.1. The van der Waals surface area contributed by atoms with Crippen molar-refractivity contribution in [2.45, 2.75) is 25.1 Å². The molecule has 18 heavy (non-hydrogen) atoms. The molecule has 1 atom stereocenters. The fourth-order valence-electron chi connectivity index (χ4n) is 1.60. The minimum absolute atomic E-state index is 0.0938. The molecule has 0 heterocycles. The Kier molecular flexibility index (Phi) is 5.72. The Hall–Kier alpha value is -0.970. The van der Waals surface area contributed by atoms with Crippen molar-refractivity contribution in [3.05, 3.63) is 35.4 Å². The molecule has 0 saturated carbocycles. The van der Waals surface area contributed by atoms with E-state index in [1.165, 1.54) is 6.07 Å². The van der Waals surface area contributed by atoms with E-state index in [-0.39, 0.29) is 4.83 Å². The fraction of sp³-hybridized carbons (Fsp3) is 0.462. The molecule has 1 amide bonds. The van der Waals surface area contributed by atoms with Crippen molar-refractivity contribution in [2.24, 2.45) is 5.92 Å². The van der Waals surface area contributed by atoms with E-state index < -0.39 is 23.1 Å². The lowest BCUT2D eigenvalue weighted by molar-refractivity contribution is 0.0945. The first-order valence-electron chi connectivity index (χ1n) is 5.78. The molecule has 0 aliphatic carbocycles. The molecule has 1 rings (SSSR count). The zero-order valence-corrected chi connectivity index (χ0v) is 11.9. The number of carbonyl (C=O) groups excluding carboxylic acids is 1. The van der Waals surface area contributed by atoms with Gasteiger partial charge in [-0.2, -0.15) is 0 Å². The number of nitrogens with one attached hydrogen (secondary N) is 1. The van der Waals surface area contributed by atoms with E-state index in [1.807, 2.05) is 0 Å². The monoisotopic (exact) mass is 319 g/mol. The van der Waals surface area contributed by atoms with Gasteiger partial charge in [0.1, 0.15) is 17.2 Å². The summed E-state index contributed by atoms with van der Waals surface area (Å²) in [4.78, 5) is 11.8. The third-order valence-electron chi connectivity index (χ3n) is 2.40. The van der Waals surface area contributed by atoms with E-state index in [1.54, 1.807) is 0 Å². The number of hydrogen-bond donors (Lipinski definition) is 1. The van der Waals surface area contributed by atoms with Crippen LogP contribution in [-0.4, -0.2) is 17.3 Å². The highest BCUT2D eigenvalue weighted by Crippen LogP contribution is 2.14. The molecule has 1 unspecified atom stereocenters. The summed E-state index contributed by atoms with van der Waals surface area (Å²) in [6.45, 7) is 4.46. The highest BCUT2D eigenvalue weighted by molar-refractivity contribution is 9.09. The van der Waals surface area contributed by atoms with Crippen molar-refractivity contribution in [1.82, 2.24) is 5.32 Å². The number of halogens is 3. The van der Waals surface area contributed by atoms with Crippen molar-refractivity contribution in [3.8, 4) is 0 Å². The van der Waals surface area contributed by atoms with Gasteiger partial charge in [-0.05, 0) is 24.5 Å². The quantitative estimate of drug-likeness (QED) is 0.827. The number of benzene rings is 1. The SMILES string of the molecule is CC(C)CC(Br)CNC(=O)c1c(F)cccc1F. The van der Waals surface area contributed by atoms with E-state index in [2.05, 4.69) is 35.1 Å². The number of carbonyl (C=O) groups is 1. The van der Waals surface area contributed by atoms with Crippen LogP contribution in [-0.2, 0) is 0 Å². The van der Waals surface area contributed by atoms with Crippen LogP contribution in [0.1, 0.15) is 30.6 Å². The van der Waals surface area contributed by atoms with Crippen LogP contribution in [0, 0.1) is 17.6 Å². The van der Waals surface area contributed by atoms with Crippen molar-refractivity contribution < 1.29 is 13.6 Å². The number of rotatable bonds is 5. The lowest BCUT2D eigenvalue weighted by Gasteiger charge is -2.13. The lowest BCUT2D eigenvalue weighted by atomic mass is 10.1. The average Bonchev–Trinajstić information content (AvgIpc) is 2.25. The maximum atomic E-state index is 13.3. The van der Waals surface area contributed by atoms with E-state index in [4.69, 9.17) is 0 Å². The summed E-state index contributed by atoms with van der Waals surface area (Å²) in [5, 5.41) is 2.52. The maximum absolute atomic E-state index is 13.3. The molecule has 1 aromatic carbocycles. The summed E-state index contributed by atoms with van der Waals surface area (Å²) in [6, 6.07) is 3.36. The van der Waals surface area contributed by atoms with Crippen molar-refractivity contribution in [1.29, 1.82) is 0 Å². The van der Waals surface area contributed by atoms with Gasteiger partial charge in [-0.15, -0.1) is 0 Å². The predicted octanol–water partition coefficient (Wildman–Crippen LogP) is 3.50. The van der Waals surface area contributed by atoms with Gasteiger partial charge in [0.25, 0.3) is 5.91 Å². The molecule has 0 saturated heterocycles. The van der Waals surface area contributed by atoms with Crippen molar-refractivity contribution >= 4 is 21.8 Å². The minimum atomic E-state index is -0.845. The second kappa shape index (κ2) is 6.83. The standard InChI is InChI=1S/C13H16BrF2NO/c1-8(2)6-9(14)7-17-13(18)12-10(15)4-3-5-11(12)16/h3-5,8-9H,6-7H2,1-2H3,(H,17,18). The topological polar surface area (TPSA) is 29.1 Å².